The fourth-order valence-corrected chi connectivity index (χ4v) is 22.3. The van der Waals surface area contributed by atoms with E-state index in [1.54, 1.807) is 24.3 Å². The third-order valence-electron chi connectivity index (χ3n) is 8.93. The Morgan fingerprint density at radius 1 is 0.649 bits per heavy atom. The molecule has 4 aliphatic rings. The van der Waals surface area contributed by atoms with Crippen molar-refractivity contribution in [3.63, 3.8) is 0 Å². The fraction of sp³-hybridized carbons (Fsp3) is 0.344. The molecule has 0 saturated carbocycles. The zero-order valence-corrected chi connectivity index (χ0v) is 23.8. The minimum absolute atomic E-state index is 0.0141. The van der Waals surface area contributed by atoms with Gasteiger partial charge in [-0.05, 0) is 0 Å². The Morgan fingerprint density at radius 3 is 1.46 bits per heavy atom. The third-order valence-corrected chi connectivity index (χ3v) is 23.7. The molecule has 0 bridgehead atoms. The van der Waals surface area contributed by atoms with Gasteiger partial charge in [-0.2, -0.15) is 0 Å². The van der Waals surface area contributed by atoms with Crippen molar-refractivity contribution in [1.82, 2.24) is 0 Å². The minimum atomic E-state index is -5.18. The van der Waals surface area contributed by atoms with Gasteiger partial charge >= 0.3 is 221 Å². The SMILES string of the molecule is C[CH]=[Zr]([O]c1ccc(F)cc1)([O]c1ccc(F)cc1)([CH]1C=CC2=C1CCCC2)[CH]1C=CC2=C1CCCC2. The first kappa shape index (κ1) is 24.9. The number of rotatable bonds is 6. The normalized spacial score (nSPS) is 23.2. The topological polar surface area (TPSA) is 18.5 Å². The molecule has 6 rings (SSSR count). The van der Waals surface area contributed by atoms with Gasteiger partial charge in [0.15, 0.2) is 0 Å². The van der Waals surface area contributed by atoms with Gasteiger partial charge in [0.25, 0.3) is 0 Å². The second kappa shape index (κ2) is 9.73. The predicted octanol–water partition coefficient (Wildman–Crippen LogP) is 9.22. The average Bonchev–Trinajstić information content (AvgIpc) is 3.57. The van der Waals surface area contributed by atoms with E-state index in [0.717, 1.165) is 38.5 Å². The molecule has 2 nitrogen and oxygen atoms in total. The van der Waals surface area contributed by atoms with Gasteiger partial charge < -0.3 is 0 Å². The summed E-state index contributed by atoms with van der Waals surface area (Å²) in [6.45, 7) is 2.10. The van der Waals surface area contributed by atoms with Gasteiger partial charge in [-0.15, -0.1) is 0 Å². The summed E-state index contributed by atoms with van der Waals surface area (Å²) in [6, 6.07) is 12.7. The predicted molar refractivity (Wildman–Crippen MR) is 143 cm³/mol. The van der Waals surface area contributed by atoms with Gasteiger partial charge in [-0.3, -0.25) is 0 Å². The van der Waals surface area contributed by atoms with Crippen molar-refractivity contribution in [3.8, 4) is 11.5 Å². The molecule has 37 heavy (non-hydrogen) atoms. The molecule has 2 atom stereocenters. The van der Waals surface area contributed by atoms with E-state index in [1.807, 2.05) is 0 Å². The van der Waals surface area contributed by atoms with Crippen LogP contribution in [0.2, 0.25) is 7.25 Å². The van der Waals surface area contributed by atoms with E-state index in [2.05, 4.69) is 34.9 Å². The van der Waals surface area contributed by atoms with E-state index < -0.39 is 19.2 Å². The molecule has 0 radical (unpaired) electrons. The van der Waals surface area contributed by atoms with Crippen molar-refractivity contribution in [2.45, 2.75) is 65.5 Å². The number of halogens is 2. The van der Waals surface area contributed by atoms with Crippen LogP contribution in [0.15, 0.2) is 95.1 Å². The van der Waals surface area contributed by atoms with Crippen LogP contribution >= 0.6 is 0 Å². The Balaban J connectivity index is 1.63. The van der Waals surface area contributed by atoms with E-state index in [-0.39, 0.29) is 18.9 Å². The summed E-state index contributed by atoms with van der Waals surface area (Å²) < 4.78 is 45.1. The molecule has 0 fully saturated rings. The first-order valence-electron chi connectivity index (χ1n) is 13.7. The molecule has 5 heteroatoms. The second-order valence-electron chi connectivity index (χ2n) is 10.9. The van der Waals surface area contributed by atoms with Crippen molar-refractivity contribution in [2.75, 3.05) is 0 Å². The van der Waals surface area contributed by atoms with Crippen LogP contribution in [0.25, 0.3) is 0 Å². The summed E-state index contributed by atoms with van der Waals surface area (Å²) in [6.07, 6.45) is 18.2. The molecule has 192 valence electrons. The molecule has 2 aromatic carbocycles. The monoisotopic (exact) mass is 578 g/mol. The molecule has 4 aliphatic carbocycles. The first-order valence-corrected chi connectivity index (χ1v) is 19.9. The van der Waals surface area contributed by atoms with E-state index in [1.165, 1.54) is 59.4 Å². The maximum atomic E-state index is 14.0. The van der Waals surface area contributed by atoms with E-state index in [0.29, 0.717) is 11.5 Å². The van der Waals surface area contributed by atoms with Crippen molar-refractivity contribution in [1.29, 1.82) is 0 Å². The molecule has 2 unspecified atom stereocenters. The van der Waals surface area contributed by atoms with E-state index in [4.69, 9.17) is 5.63 Å². The van der Waals surface area contributed by atoms with Crippen LogP contribution in [-0.2, 0) is 19.2 Å². The number of hydrogen-bond acceptors (Lipinski definition) is 2. The Hall–Kier alpha value is -2.39. The molecule has 0 heterocycles. The first-order chi connectivity index (χ1) is 18.0. The van der Waals surface area contributed by atoms with Crippen LogP contribution < -0.4 is 5.63 Å². The molecule has 0 amide bonds. The van der Waals surface area contributed by atoms with Crippen molar-refractivity contribution in [3.05, 3.63) is 107 Å². The fourth-order valence-electron chi connectivity index (χ4n) is 7.17. The van der Waals surface area contributed by atoms with Crippen LogP contribution in [-0.4, -0.2) is 3.71 Å². The van der Waals surface area contributed by atoms with Gasteiger partial charge in [0.2, 0.25) is 0 Å². The second-order valence-corrected chi connectivity index (χ2v) is 22.7. The summed E-state index contributed by atoms with van der Waals surface area (Å²) in [5, 5.41) is 0. The third kappa shape index (κ3) is 4.18. The number of hydrogen-bond donors (Lipinski definition) is 0. The van der Waals surface area contributed by atoms with Crippen molar-refractivity contribution in [2.24, 2.45) is 0 Å². The molecular formula is C32H34F2O2Zr. The van der Waals surface area contributed by atoms with E-state index in [9.17, 15) is 8.78 Å². The van der Waals surface area contributed by atoms with Gasteiger partial charge in [0.1, 0.15) is 0 Å². The number of benzene rings is 2. The van der Waals surface area contributed by atoms with Gasteiger partial charge in [0, 0.05) is 0 Å². The zero-order valence-electron chi connectivity index (χ0n) is 21.4. The molecule has 0 aliphatic heterocycles. The molecule has 2 aromatic rings. The molecule has 0 saturated heterocycles. The summed E-state index contributed by atoms with van der Waals surface area (Å²) in [4.78, 5) is 0. The molecule has 0 spiro atoms. The van der Waals surface area contributed by atoms with Crippen LogP contribution in [0.5, 0.6) is 11.5 Å². The molecular weight excluding hydrogens is 546 g/mol. The zero-order chi connectivity index (χ0) is 25.5. The maximum absolute atomic E-state index is 14.0. The Bertz CT molecular complexity index is 1290. The number of allylic oxidation sites excluding steroid dienone is 8. The van der Waals surface area contributed by atoms with Gasteiger partial charge in [-0.1, -0.05) is 0 Å². The Morgan fingerprint density at radius 2 is 1.05 bits per heavy atom. The van der Waals surface area contributed by atoms with Gasteiger partial charge in [-0.25, -0.2) is 0 Å². The molecule has 0 aromatic heterocycles. The quantitative estimate of drug-likeness (QED) is 0.340. The standard InChI is InChI=1S/2C9H11.2C6H5FO.C2H4.Zr/c2*1-2-5-9-7-3-6-8(9)4-1;2*7-5-1-3-6(8)4-2-5;1-2;/h2*3,6-7H,1-2,4-5H2;2*1-4,8H;1H,2H3;/q;;;;;+2/p-2. The van der Waals surface area contributed by atoms with Crippen molar-refractivity contribution >= 4 is 3.71 Å². The summed E-state index contributed by atoms with van der Waals surface area (Å²) >= 11 is -5.18. The van der Waals surface area contributed by atoms with Crippen LogP contribution in [0, 0.1) is 11.6 Å². The summed E-state index contributed by atoms with van der Waals surface area (Å²) in [7, 11) is 0. The summed E-state index contributed by atoms with van der Waals surface area (Å²) in [5.41, 5.74) is 5.72. The van der Waals surface area contributed by atoms with Gasteiger partial charge in [0.05, 0.1) is 0 Å². The summed E-state index contributed by atoms with van der Waals surface area (Å²) in [5.74, 6) is 0.670. The average molecular weight is 580 g/mol. The Kier molecular flexibility index (Phi) is 6.55. The van der Waals surface area contributed by atoms with Crippen LogP contribution in [0.1, 0.15) is 58.3 Å². The van der Waals surface area contributed by atoms with Crippen LogP contribution in [0.4, 0.5) is 8.78 Å². The molecule has 0 N–H and O–H groups in total. The Labute approximate surface area is 220 Å². The van der Waals surface area contributed by atoms with Crippen molar-refractivity contribution < 1.29 is 33.6 Å². The van der Waals surface area contributed by atoms with E-state index >= 15 is 0 Å². The van der Waals surface area contributed by atoms with Crippen LogP contribution in [0.3, 0.4) is 0 Å².